The maximum Gasteiger partial charge on any atom is 0.266 e. The van der Waals surface area contributed by atoms with Crippen molar-refractivity contribution >= 4 is 28.2 Å². The Hall–Kier alpha value is -3.33. The van der Waals surface area contributed by atoms with Gasteiger partial charge in [-0.3, -0.25) is 9.78 Å². The van der Waals surface area contributed by atoms with Crippen molar-refractivity contribution in [1.82, 2.24) is 15.2 Å². The van der Waals surface area contributed by atoms with Crippen molar-refractivity contribution < 1.29 is 18.0 Å². The number of nitrogens with one attached hydrogen (secondary N) is 2. The fourth-order valence-corrected chi connectivity index (χ4v) is 5.56. The van der Waals surface area contributed by atoms with E-state index in [0.717, 1.165) is 73.1 Å². The molecule has 0 radical (unpaired) electrons. The lowest BCUT2D eigenvalue weighted by Crippen LogP contribution is -2.51. The number of aromatic nitrogens is 1. The normalized spacial score (nSPS) is 17.7. The van der Waals surface area contributed by atoms with E-state index < -0.39 is 23.8 Å². The van der Waals surface area contributed by atoms with Crippen LogP contribution in [0.2, 0.25) is 0 Å². The molecule has 5 rings (SSSR count). The molecule has 3 aromatic rings. The molecule has 0 unspecified atom stereocenters. The molecule has 0 spiro atoms. The van der Waals surface area contributed by atoms with Crippen LogP contribution in [0.15, 0.2) is 42.5 Å². The van der Waals surface area contributed by atoms with Gasteiger partial charge in [0.2, 0.25) is 5.91 Å². The molecule has 1 atom stereocenters. The highest BCUT2D eigenvalue weighted by Crippen LogP contribution is 2.33. The Morgan fingerprint density at radius 1 is 1.05 bits per heavy atom. The molecular weight excluding hydrogens is 491 g/mol. The smallest absolute Gasteiger partial charge is 0.266 e. The van der Waals surface area contributed by atoms with Gasteiger partial charge in [-0.1, -0.05) is 18.2 Å². The molecule has 2 N–H and O–H groups in total. The minimum atomic E-state index is -2.87. The second-order valence-corrected chi connectivity index (χ2v) is 10.3. The van der Waals surface area contributed by atoms with Crippen molar-refractivity contribution in [3.05, 3.63) is 65.1 Å². The summed E-state index contributed by atoms with van der Waals surface area (Å²) < 4.78 is 41.3. The van der Waals surface area contributed by atoms with Crippen LogP contribution in [0, 0.1) is 18.7 Å². The molecule has 3 heterocycles. The number of carbonyl (C=O) groups excluding carboxylic acids is 1. The van der Waals surface area contributed by atoms with Gasteiger partial charge in [0, 0.05) is 60.1 Å². The summed E-state index contributed by atoms with van der Waals surface area (Å²) in [6, 6.07) is 11.5. The number of hydrogen-bond donors (Lipinski definition) is 2. The number of fused-ring (bicyclic) bond motifs is 1. The molecule has 2 saturated heterocycles. The van der Waals surface area contributed by atoms with Crippen molar-refractivity contribution in [3.63, 3.8) is 0 Å². The molecule has 2 fully saturated rings. The topological polar surface area (TPSA) is 60.5 Å². The maximum absolute atomic E-state index is 14.8. The Labute approximate surface area is 221 Å². The number of benzene rings is 2. The van der Waals surface area contributed by atoms with Gasteiger partial charge in [-0.05, 0) is 64.0 Å². The predicted molar refractivity (Wildman–Crippen MR) is 144 cm³/mol. The minimum Gasteiger partial charge on any atom is -0.378 e. The largest absolute Gasteiger partial charge is 0.378 e. The van der Waals surface area contributed by atoms with Crippen molar-refractivity contribution in [2.45, 2.75) is 39.2 Å². The van der Waals surface area contributed by atoms with Crippen LogP contribution in [0.3, 0.4) is 0 Å². The minimum absolute atomic E-state index is 0.125. The average molecular weight is 526 g/mol. The van der Waals surface area contributed by atoms with Gasteiger partial charge in [0.1, 0.15) is 5.82 Å². The van der Waals surface area contributed by atoms with Gasteiger partial charge in [-0.15, -0.1) is 0 Å². The molecule has 0 saturated carbocycles. The van der Waals surface area contributed by atoms with Crippen LogP contribution in [-0.4, -0.2) is 55.1 Å². The zero-order valence-corrected chi connectivity index (χ0v) is 21.8. The van der Waals surface area contributed by atoms with Crippen LogP contribution < -0.4 is 15.5 Å². The fraction of sp³-hybridized carbons (Fsp3) is 0.448. The molecule has 2 aliphatic heterocycles. The van der Waals surface area contributed by atoms with Crippen LogP contribution in [0.25, 0.3) is 10.9 Å². The predicted octanol–water partition coefficient (Wildman–Crippen LogP) is 5.44. The first-order valence-electron chi connectivity index (χ1n) is 13.3. The van der Waals surface area contributed by atoms with E-state index in [-0.39, 0.29) is 17.4 Å². The van der Waals surface area contributed by atoms with E-state index in [4.69, 9.17) is 0 Å². The van der Waals surface area contributed by atoms with Gasteiger partial charge >= 0.3 is 0 Å². The summed E-state index contributed by atoms with van der Waals surface area (Å²) in [6.07, 6.45) is -1.06. The number of rotatable bonds is 6. The zero-order valence-electron chi connectivity index (χ0n) is 21.8. The van der Waals surface area contributed by atoms with Gasteiger partial charge in [-0.2, -0.15) is 0 Å². The van der Waals surface area contributed by atoms with Gasteiger partial charge in [0.05, 0.1) is 17.1 Å². The van der Waals surface area contributed by atoms with Crippen LogP contribution in [0.5, 0.6) is 0 Å². The molecule has 6 nitrogen and oxygen atoms in total. The highest BCUT2D eigenvalue weighted by molar-refractivity contribution is 5.94. The Morgan fingerprint density at radius 2 is 1.76 bits per heavy atom. The lowest BCUT2D eigenvalue weighted by atomic mass is 9.96. The van der Waals surface area contributed by atoms with E-state index in [1.165, 1.54) is 12.1 Å². The summed E-state index contributed by atoms with van der Waals surface area (Å²) in [5.41, 5.74) is 2.99. The lowest BCUT2D eigenvalue weighted by Gasteiger charge is -2.38. The Bertz CT molecular complexity index is 1300. The highest BCUT2D eigenvalue weighted by atomic mass is 19.3. The van der Waals surface area contributed by atoms with Crippen molar-refractivity contribution in [1.29, 1.82) is 0 Å². The number of halogens is 3. The average Bonchev–Trinajstić information content (AvgIpc) is 2.93. The number of pyridine rings is 1. The number of aryl methyl sites for hydroxylation is 1. The fourth-order valence-electron chi connectivity index (χ4n) is 5.56. The molecule has 1 amide bonds. The molecule has 38 heavy (non-hydrogen) atoms. The monoisotopic (exact) mass is 525 g/mol. The first-order valence-corrected chi connectivity index (χ1v) is 13.3. The second-order valence-electron chi connectivity index (χ2n) is 10.3. The number of carbonyl (C=O) groups is 1. The van der Waals surface area contributed by atoms with E-state index in [1.54, 1.807) is 6.92 Å². The highest BCUT2D eigenvalue weighted by Gasteiger charge is 2.28. The number of piperidine rings is 1. The number of amides is 1. The lowest BCUT2D eigenvalue weighted by molar-refractivity contribution is -0.136. The SMILES string of the molecule is Cc1cc(N[C@H](C)c2cccc(C(F)F)c2F)c2cc(N3CCN(C(=O)C4CCNCC4)CC3)ccc2n1. The first kappa shape index (κ1) is 26.3. The van der Waals surface area contributed by atoms with E-state index in [2.05, 4.69) is 26.6 Å². The second kappa shape index (κ2) is 11.2. The molecule has 9 heteroatoms. The van der Waals surface area contributed by atoms with Crippen molar-refractivity contribution in [2.75, 3.05) is 49.5 Å². The molecule has 0 aliphatic carbocycles. The molecule has 1 aromatic heterocycles. The van der Waals surface area contributed by atoms with Gasteiger partial charge in [0.25, 0.3) is 6.43 Å². The van der Waals surface area contributed by atoms with Gasteiger partial charge < -0.3 is 20.4 Å². The van der Waals surface area contributed by atoms with E-state index >= 15 is 0 Å². The number of nitrogens with zero attached hydrogens (tertiary/aromatic N) is 3. The Balaban J connectivity index is 1.34. The van der Waals surface area contributed by atoms with Gasteiger partial charge in [-0.25, -0.2) is 13.2 Å². The van der Waals surface area contributed by atoms with Crippen LogP contribution in [0.4, 0.5) is 24.5 Å². The van der Waals surface area contributed by atoms with Crippen LogP contribution >= 0.6 is 0 Å². The third-order valence-corrected chi connectivity index (χ3v) is 7.70. The summed E-state index contributed by atoms with van der Waals surface area (Å²) in [5.74, 6) is -0.484. The molecule has 2 aliphatic rings. The number of piperazine rings is 1. The summed E-state index contributed by atoms with van der Waals surface area (Å²) in [5, 5.41) is 7.53. The van der Waals surface area contributed by atoms with E-state index in [1.807, 2.05) is 30.0 Å². The number of alkyl halides is 2. The quantitative estimate of drug-likeness (QED) is 0.449. The van der Waals surface area contributed by atoms with E-state index in [9.17, 15) is 18.0 Å². The standard InChI is InChI=1S/C29H34F3N5O/c1-18-16-26(35-19(2)22-4-3-5-23(27(22)30)28(31)32)24-17-21(6-7-25(24)34-18)36-12-14-37(15-13-36)29(38)20-8-10-33-11-9-20/h3-7,16-17,19-20,28,33H,8-15H2,1-2H3,(H,34,35)/t19-/m1/s1. The third-order valence-electron chi connectivity index (χ3n) is 7.70. The third kappa shape index (κ3) is 5.43. The summed E-state index contributed by atoms with van der Waals surface area (Å²) in [6.45, 7) is 8.32. The summed E-state index contributed by atoms with van der Waals surface area (Å²) >= 11 is 0. The molecule has 2 aromatic carbocycles. The first-order chi connectivity index (χ1) is 18.3. The zero-order chi connectivity index (χ0) is 26.8. The molecule has 0 bridgehead atoms. The van der Waals surface area contributed by atoms with Crippen LogP contribution in [-0.2, 0) is 4.79 Å². The maximum atomic E-state index is 14.8. The number of hydrogen-bond acceptors (Lipinski definition) is 5. The van der Waals surface area contributed by atoms with Gasteiger partial charge in [0.15, 0.2) is 0 Å². The van der Waals surface area contributed by atoms with Crippen LogP contribution in [0.1, 0.15) is 49.1 Å². The molecule has 202 valence electrons. The summed E-state index contributed by atoms with van der Waals surface area (Å²) in [7, 11) is 0. The Kier molecular flexibility index (Phi) is 7.74. The van der Waals surface area contributed by atoms with Crippen molar-refractivity contribution in [2.24, 2.45) is 5.92 Å². The molecular formula is C29H34F3N5O. The summed E-state index contributed by atoms with van der Waals surface area (Å²) in [4.78, 5) is 21.9. The Morgan fingerprint density at radius 3 is 2.47 bits per heavy atom. The van der Waals surface area contributed by atoms with Crippen molar-refractivity contribution in [3.8, 4) is 0 Å². The van der Waals surface area contributed by atoms with E-state index in [0.29, 0.717) is 13.1 Å². The number of anilines is 2.